The van der Waals surface area contributed by atoms with Gasteiger partial charge in [0, 0.05) is 50.1 Å². The van der Waals surface area contributed by atoms with Crippen molar-refractivity contribution in [2.75, 3.05) is 0 Å². The molecule has 1 aliphatic carbocycles. The van der Waals surface area contributed by atoms with Crippen LogP contribution in [0.15, 0.2) is 249 Å². The third kappa shape index (κ3) is 7.43. The van der Waals surface area contributed by atoms with Crippen molar-refractivity contribution in [1.82, 2.24) is 29.9 Å². The molecule has 2 aromatic heterocycles. The largest absolute Gasteiger partial charge is 0.456 e. The van der Waals surface area contributed by atoms with E-state index in [2.05, 4.69) is 159 Å². The van der Waals surface area contributed by atoms with Gasteiger partial charge < -0.3 is 4.74 Å². The number of rotatable bonds is 8. The van der Waals surface area contributed by atoms with Crippen LogP contribution in [0.4, 0.5) is 0 Å². The summed E-state index contributed by atoms with van der Waals surface area (Å²) in [6.45, 7) is 2.13. The van der Waals surface area contributed by atoms with E-state index in [1.807, 2.05) is 97.1 Å². The summed E-state index contributed by atoms with van der Waals surface area (Å²) in [6, 6.07) is 86.4. The SMILES string of the molecule is Cc1ccc(-c2ccc3c(c2)C2(c4ccc(-c5nc(-c6ccccc6)nc(-c6ccccc6)n5)cc4Oc4c(-c5ccccc5)cccc42)c2cccc(-c4nc(-c5ccccc5)nc(-c5ccccc5)n4)c2-3)cc1. The van der Waals surface area contributed by atoms with Gasteiger partial charge in [-0.2, -0.15) is 0 Å². The van der Waals surface area contributed by atoms with Gasteiger partial charge >= 0.3 is 0 Å². The molecule has 0 N–H and O–H groups in total. The second kappa shape index (κ2) is 17.9. The maximum absolute atomic E-state index is 7.44. The third-order valence-electron chi connectivity index (χ3n) is 14.5. The molecule has 1 unspecified atom stereocenters. The van der Waals surface area contributed by atoms with Crippen molar-refractivity contribution in [3.8, 4) is 113 Å². The Balaban J connectivity index is 1.06. The van der Waals surface area contributed by atoms with Crippen molar-refractivity contribution in [3.63, 3.8) is 0 Å². The lowest BCUT2D eigenvalue weighted by molar-refractivity contribution is 0.438. The van der Waals surface area contributed by atoms with Crippen LogP contribution in [0, 0.1) is 6.92 Å². The summed E-state index contributed by atoms with van der Waals surface area (Å²) in [5.74, 6) is 4.99. The van der Waals surface area contributed by atoms with Crippen LogP contribution in [0.2, 0.25) is 0 Å². The number of hydrogen-bond acceptors (Lipinski definition) is 7. The normalized spacial score (nSPS) is 13.8. The fourth-order valence-electron chi connectivity index (χ4n) is 11.0. The number of para-hydroxylation sites is 1. The summed E-state index contributed by atoms with van der Waals surface area (Å²) in [6.07, 6.45) is 0. The fraction of sp³-hybridized carbons (Fsp3) is 0.0294. The molecule has 1 atom stereocenters. The first-order valence-corrected chi connectivity index (χ1v) is 25.2. The van der Waals surface area contributed by atoms with Crippen molar-refractivity contribution < 1.29 is 4.74 Å². The van der Waals surface area contributed by atoms with Gasteiger partial charge in [-0.25, -0.2) is 29.9 Å². The van der Waals surface area contributed by atoms with Gasteiger partial charge in [-0.1, -0.05) is 242 Å². The minimum Gasteiger partial charge on any atom is -0.456 e. The minimum absolute atomic E-state index is 0.541. The van der Waals surface area contributed by atoms with E-state index in [0.29, 0.717) is 40.7 Å². The number of ether oxygens (including phenoxy) is 1. The Morgan fingerprint density at radius 1 is 0.280 bits per heavy atom. The molecule has 10 aromatic carbocycles. The molecule has 0 fully saturated rings. The molecule has 0 radical (unpaired) electrons. The number of aryl methyl sites for hydroxylation is 1. The monoisotopic (exact) mass is 960 g/mol. The first kappa shape index (κ1) is 43.8. The lowest BCUT2D eigenvalue weighted by atomic mass is 9.65. The van der Waals surface area contributed by atoms with E-state index in [0.717, 1.165) is 94.8 Å². The van der Waals surface area contributed by atoms with Gasteiger partial charge in [0.25, 0.3) is 0 Å². The summed E-state index contributed by atoms with van der Waals surface area (Å²) in [5, 5.41) is 0. The van der Waals surface area contributed by atoms with Crippen LogP contribution in [-0.4, -0.2) is 29.9 Å². The van der Waals surface area contributed by atoms with Crippen LogP contribution < -0.4 is 4.74 Å². The first-order valence-electron chi connectivity index (χ1n) is 25.2. The van der Waals surface area contributed by atoms with E-state index in [4.69, 9.17) is 34.6 Å². The summed E-state index contributed by atoms with van der Waals surface area (Å²) < 4.78 is 7.44. The maximum atomic E-state index is 7.44. The van der Waals surface area contributed by atoms with Crippen LogP contribution in [-0.2, 0) is 5.41 Å². The van der Waals surface area contributed by atoms with Crippen LogP contribution in [0.1, 0.15) is 27.8 Å². The number of aromatic nitrogens is 6. The number of nitrogens with zero attached hydrogens (tertiary/aromatic N) is 6. The van der Waals surface area contributed by atoms with E-state index in [1.54, 1.807) is 0 Å². The Hall–Kier alpha value is -9.98. The van der Waals surface area contributed by atoms with E-state index < -0.39 is 5.41 Å². The summed E-state index contributed by atoms with van der Waals surface area (Å²) >= 11 is 0. The molecule has 1 aliphatic heterocycles. The highest BCUT2D eigenvalue weighted by atomic mass is 16.5. The van der Waals surface area contributed by atoms with Crippen molar-refractivity contribution in [1.29, 1.82) is 0 Å². The molecule has 75 heavy (non-hydrogen) atoms. The van der Waals surface area contributed by atoms with E-state index >= 15 is 0 Å². The third-order valence-corrected chi connectivity index (χ3v) is 14.5. The molecule has 1 spiro atoms. The quantitative estimate of drug-likeness (QED) is 0.150. The summed E-state index contributed by atoms with van der Waals surface area (Å²) in [7, 11) is 0. The van der Waals surface area contributed by atoms with E-state index in [9.17, 15) is 0 Å². The minimum atomic E-state index is -0.894. The van der Waals surface area contributed by atoms with Crippen molar-refractivity contribution in [3.05, 3.63) is 277 Å². The lowest BCUT2D eigenvalue weighted by Crippen LogP contribution is -2.32. The van der Waals surface area contributed by atoms with Crippen LogP contribution in [0.3, 0.4) is 0 Å². The van der Waals surface area contributed by atoms with Gasteiger partial charge in [-0.15, -0.1) is 0 Å². The molecular formula is C68H44N6O. The Labute approximate surface area is 434 Å². The van der Waals surface area contributed by atoms with Gasteiger partial charge in [0.05, 0.1) is 5.41 Å². The smallest absolute Gasteiger partial charge is 0.164 e. The Bertz CT molecular complexity index is 4020. The van der Waals surface area contributed by atoms with Crippen molar-refractivity contribution in [2.45, 2.75) is 12.3 Å². The Kier molecular flexibility index (Phi) is 10.5. The molecule has 3 heterocycles. The van der Waals surface area contributed by atoms with E-state index in [-0.39, 0.29) is 0 Å². The van der Waals surface area contributed by atoms with E-state index in [1.165, 1.54) is 5.56 Å². The average Bonchev–Trinajstić information content (AvgIpc) is 3.92. The predicted molar refractivity (Wildman–Crippen MR) is 299 cm³/mol. The molecule has 7 heteroatoms. The van der Waals surface area contributed by atoms with Crippen molar-refractivity contribution in [2.24, 2.45) is 0 Å². The van der Waals surface area contributed by atoms with Gasteiger partial charge in [0.15, 0.2) is 34.9 Å². The molecule has 2 aliphatic rings. The molecule has 0 amide bonds. The number of benzene rings is 10. The molecule has 0 bridgehead atoms. The molecular weight excluding hydrogens is 917 g/mol. The molecule has 0 saturated carbocycles. The number of fused-ring (bicyclic) bond motifs is 9. The standard InChI is InChI=1S/C68H44N6O/c1-43-33-35-44(36-34-43)50-37-39-53-58(41-50)68(56-31-18-30-54(60(53)56)67-73-64(48-25-13-5-14-26-48)70-65(74-67)49-27-15-6-16-28-49)55-40-38-51(42-59(55)75-61-52(29-17-32-57(61)68)45-19-7-2-8-20-45)66-71-62(46-21-9-3-10-22-46)69-63(72-66)47-23-11-4-12-24-47/h2-42H,1H3. The molecule has 14 rings (SSSR count). The molecule has 12 aromatic rings. The summed E-state index contributed by atoms with van der Waals surface area (Å²) in [5.41, 5.74) is 16.3. The average molecular weight is 961 g/mol. The zero-order valence-corrected chi connectivity index (χ0v) is 40.8. The Morgan fingerprint density at radius 2 is 0.720 bits per heavy atom. The van der Waals surface area contributed by atoms with Gasteiger partial charge in [-0.05, 0) is 58.0 Å². The number of hydrogen-bond donors (Lipinski definition) is 0. The van der Waals surface area contributed by atoms with Crippen molar-refractivity contribution >= 4 is 0 Å². The zero-order chi connectivity index (χ0) is 49.9. The highest BCUT2D eigenvalue weighted by Gasteiger charge is 2.52. The van der Waals surface area contributed by atoms with Crippen LogP contribution in [0.25, 0.3) is 102 Å². The molecule has 0 saturated heterocycles. The lowest BCUT2D eigenvalue weighted by Gasteiger charge is -2.40. The summed E-state index contributed by atoms with van der Waals surface area (Å²) in [4.78, 5) is 31.1. The topological polar surface area (TPSA) is 86.6 Å². The maximum Gasteiger partial charge on any atom is 0.164 e. The van der Waals surface area contributed by atoms with Gasteiger partial charge in [0.2, 0.25) is 0 Å². The zero-order valence-electron chi connectivity index (χ0n) is 40.8. The second-order valence-electron chi connectivity index (χ2n) is 19.0. The van der Waals surface area contributed by atoms with Crippen LogP contribution in [0.5, 0.6) is 11.5 Å². The van der Waals surface area contributed by atoms with Gasteiger partial charge in [0.1, 0.15) is 11.5 Å². The highest BCUT2D eigenvalue weighted by molar-refractivity contribution is 5.98. The Morgan fingerprint density at radius 3 is 1.25 bits per heavy atom. The second-order valence-corrected chi connectivity index (χ2v) is 19.0. The first-order chi connectivity index (χ1) is 37.1. The molecule has 352 valence electrons. The predicted octanol–water partition coefficient (Wildman–Crippen LogP) is 16.2. The highest BCUT2D eigenvalue weighted by Crippen LogP contribution is 2.65. The fourth-order valence-corrected chi connectivity index (χ4v) is 11.0. The van der Waals surface area contributed by atoms with Crippen LogP contribution >= 0.6 is 0 Å². The molecule has 7 nitrogen and oxygen atoms in total. The van der Waals surface area contributed by atoms with Gasteiger partial charge in [-0.3, -0.25) is 0 Å².